The number of halogens is 2. The molecule has 1 saturated heterocycles. The molecular weight excluding hydrogens is 343 g/mol. The molecule has 0 saturated carbocycles. The Labute approximate surface area is 150 Å². The quantitative estimate of drug-likeness (QED) is 0.776. The van der Waals surface area contributed by atoms with Gasteiger partial charge in [-0.1, -0.05) is 23.7 Å². The third-order valence-electron chi connectivity index (χ3n) is 4.16. The van der Waals surface area contributed by atoms with Crippen LogP contribution in [0.1, 0.15) is 29.6 Å². The van der Waals surface area contributed by atoms with E-state index in [4.69, 9.17) is 11.6 Å². The number of anilines is 1. The van der Waals surface area contributed by atoms with Crippen molar-refractivity contribution in [2.24, 2.45) is 0 Å². The van der Waals surface area contributed by atoms with Crippen LogP contribution in [0.2, 0.25) is 5.02 Å². The van der Waals surface area contributed by atoms with Crippen LogP contribution in [0.3, 0.4) is 0 Å². The number of nitrogens with zero attached hydrogens (tertiary/aromatic N) is 2. The molecule has 0 radical (unpaired) electrons. The Kier molecular flexibility index (Phi) is 5.34. The van der Waals surface area contributed by atoms with Gasteiger partial charge in [0.25, 0.3) is 5.91 Å². The van der Waals surface area contributed by atoms with Crippen molar-refractivity contribution < 1.29 is 14.0 Å². The van der Waals surface area contributed by atoms with Crippen molar-refractivity contribution >= 4 is 29.2 Å². The van der Waals surface area contributed by atoms with E-state index in [-0.39, 0.29) is 5.56 Å². The highest BCUT2D eigenvalue weighted by Crippen LogP contribution is 2.24. The fraction of sp³-hybridized carbons (Fsp3) is 0.263. The minimum Gasteiger partial charge on any atom is -0.324 e. The van der Waals surface area contributed by atoms with Crippen LogP contribution in [0.15, 0.2) is 48.5 Å². The van der Waals surface area contributed by atoms with Gasteiger partial charge in [0.15, 0.2) is 0 Å². The Hall–Kier alpha value is -2.40. The molecule has 2 aromatic carbocycles. The molecule has 0 N–H and O–H groups in total. The summed E-state index contributed by atoms with van der Waals surface area (Å²) in [7, 11) is 0. The molecule has 0 unspecified atom stereocenters. The zero-order chi connectivity index (χ0) is 17.8. The van der Waals surface area contributed by atoms with Gasteiger partial charge in [0, 0.05) is 23.7 Å². The van der Waals surface area contributed by atoms with Crippen LogP contribution in [0.25, 0.3) is 0 Å². The van der Waals surface area contributed by atoms with Gasteiger partial charge in [-0.25, -0.2) is 14.1 Å². The number of hydrogen-bond donors (Lipinski definition) is 0. The second-order valence-corrected chi connectivity index (χ2v) is 6.40. The van der Waals surface area contributed by atoms with Crippen molar-refractivity contribution in [3.63, 3.8) is 0 Å². The van der Waals surface area contributed by atoms with Crippen molar-refractivity contribution in [2.45, 2.75) is 19.3 Å². The lowest BCUT2D eigenvalue weighted by Crippen LogP contribution is -2.48. The molecule has 3 rings (SSSR count). The van der Waals surface area contributed by atoms with Crippen LogP contribution in [0.5, 0.6) is 0 Å². The predicted molar refractivity (Wildman–Crippen MR) is 95.5 cm³/mol. The van der Waals surface area contributed by atoms with E-state index in [2.05, 4.69) is 0 Å². The molecule has 0 bridgehead atoms. The van der Waals surface area contributed by atoms with Crippen LogP contribution in [-0.4, -0.2) is 29.9 Å². The number of urea groups is 1. The van der Waals surface area contributed by atoms with Crippen LogP contribution in [0, 0.1) is 5.82 Å². The Morgan fingerprint density at radius 1 is 1.00 bits per heavy atom. The molecule has 1 aliphatic rings. The van der Waals surface area contributed by atoms with Crippen molar-refractivity contribution in [3.8, 4) is 0 Å². The zero-order valence-corrected chi connectivity index (χ0v) is 14.4. The third-order valence-corrected chi connectivity index (χ3v) is 4.39. The Bertz CT molecular complexity index is 790. The molecule has 0 atom stereocenters. The van der Waals surface area contributed by atoms with E-state index < -0.39 is 17.8 Å². The van der Waals surface area contributed by atoms with E-state index in [1.807, 2.05) is 0 Å². The summed E-state index contributed by atoms with van der Waals surface area (Å²) in [5.74, 6) is -1.10. The number of amides is 3. The van der Waals surface area contributed by atoms with Gasteiger partial charge in [-0.2, -0.15) is 0 Å². The fourth-order valence-corrected chi connectivity index (χ4v) is 3.09. The molecule has 3 amide bonds. The normalized spacial score (nSPS) is 14.2. The maximum Gasteiger partial charge on any atom is 0.331 e. The van der Waals surface area contributed by atoms with E-state index in [9.17, 15) is 14.0 Å². The minimum absolute atomic E-state index is 0.116. The first kappa shape index (κ1) is 17.4. The third kappa shape index (κ3) is 3.99. The van der Waals surface area contributed by atoms with Crippen LogP contribution >= 0.6 is 11.6 Å². The number of hydrogen-bond acceptors (Lipinski definition) is 2. The number of carbonyl (C=O) groups is 2. The highest BCUT2D eigenvalue weighted by Gasteiger charge is 2.30. The molecule has 25 heavy (non-hydrogen) atoms. The Morgan fingerprint density at radius 2 is 1.72 bits per heavy atom. The maximum absolute atomic E-state index is 13.5. The van der Waals surface area contributed by atoms with Gasteiger partial charge in [0.1, 0.15) is 5.82 Å². The summed E-state index contributed by atoms with van der Waals surface area (Å²) >= 11 is 6.03. The highest BCUT2D eigenvalue weighted by atomic mass is 35.5. The zero-order valence-electron chi connectivity index (χ0n) is 13.6. The van der Waals surface area contributed by atoms with E-state index in [0.29, 0.717) is 23.8 Å². The summed E-state index contributed by atoms with van der Waals surface area (Å²) in [6, 6.07) is 11.5. The molecule has 1 fully saturated rings. The van der Waals surface area contributed by atoms with Gasteiger partial charge in [-0.05, 0) is 55.7 Å². The van der Waals surface area contributed by atoms with Crippen LogP contribution in [0.4, 0.5) is 14.9 Å². The first-order valence-corrected chi connectivity index (χ1v) is 8.58. The Balaban J connectivity index is 1.99. The summed E-state index contributed by atoms with van der Waals surface area (Å²) in [4.78, 5) is 28.7. The second kappa shape index (κ2) is 7.66. The van der Waals surface area contributed by atoms with Gasteiger partial charge >= 0.3 is 6.03 Å². The standard InChI is InChI=1S/C19H18ClFN2O2/c20-15-7-5-9-17(13-15)23(19(25)22-10-2-1-3-11-22)18(24)14-6-4-8-16(21)12-14/h4-9,12-13H,1-3,10-11H2. The monoisotopic (exact) mass is 360 g/mol. The fourth-order valence-electron chi connectivity index (χ4n) is 2.91. The lowest BCUT2D eigenvalue weighted by molar-refractivity contribution is 0.0983. The summed E-state index contributed by atoms with van der Waals surface area (Å²) in [6.07, 6.45) is 2.88. The average Bonchev–Trinajstić information content (AvgIpc) is 2.62. The molecule has 130 valence electrons. The molecule has 2 aromatic rings. The number of benzene rings is 2. The number of carbonyl (C=O) groups excluding carboxylic acids is 2. The average molecular weight is 361 g/mol. The topological polar surface area (TPSA) is 40.6 Å². The van der Waals surface area contributed by atoms with E-state index in [1.54, 1.807) is 29.2 Å². The smallest absolute Gasteiger partial charge is 0.324 e. The molecule has 1 aliphatic heterocycles. The van der Waals surface area contributed by atoms with Crippen molar-refractivity contribution in [1.82, 2.24) is 4.90 Å². The minimum atomic E-state index is -0.572. The van der Waals surface area contributed by atoms with Gasteiger partial charge in [0.2, 0.25) is 0 Å². The number of rotatable bonds is 2. The molecular formula is C19H18ClFN2O2. The maximum atomic E-state index is 13.5. The molecule has 4 nitrogen and oxygen atoms in total. The largest absolute Gasteiger partial charge is 0.331 e. The summed E-state index contributed by atoms with van der Waals surface area (Å²) < 4.78 is 13.5. The first-order chi connectivity index (χ1) is 12.1. The second-order valence-electron chi connectivity index (χ2n) is 5.96. The Morgan fingerprint density at radius 3 is 2.40 bits per heavy atom. The summed E-state index contributed by atoms with van der Waals surface area (Å²) in [5.41, 5.74) is 0.489. The number of likely N-dealkylation sites (tertiary alicyclic amines) is 1. The van der Waals surface area contributed by atoms with Gasteiger partial charge in [0.05, 0.1) is 5.69 Å². The predicted octanol–water partition coefficient (Wildman–Crippen LogP) is 4.73. The molecule has 0 aliphatic carbocycles. The molecule has 0 aromatic heterocycles. The van der Waals surface area contributed by atoms with Crippen LogP contribution in [-0.2, 0) is 0 Å². The number of piperidine rings is 1. The van der Waals surface area contributed by atoms with Gasteiger partial charge in [-0.15, -0.1) is 0 Å². The van der Waals surface area contributed by atoms with Crippen molar-refractivity contribution in [1.29, 1.82) is 0 Å². The van der Waals surface area contributed by atoms with E-state index >= 15 is 0 Å². The highest BCUT2D eigenvalue weighted by molar-refractivity contribution is 6.31. The lowest BCUT2D eigenvalue weighted by atomic mass is 10.1. The van der Waals surface area contributed by atoms with E-state index in [0.717, 1.165) is 30.2 Å². The van der Waals surface area contributed by atoms with Crippen molar-refractivity contribution in [2.75, 3.05) is 18.0 Å². The first-order valence-electron chi connectivity index (χ1n) is 8.21. The molecule has 1 heterocycles. The van der Waals surface area contributed by atoms with Gasteiger partial charge < -0.3 is 4.90 Å². The van der Waals surface area contributed by atoms with Crippen molar-refractivity contribution in [3.05, 3.63) is 64.9 Å². The van der Waals surface area contributed by atoms with E-state index in [1.165, 1.54) is 18.2 Å². The summed E-state index contributed by atoms with van der Waals surface area (Å²) in [6.45, 7) is 1.21. The number of imide groups is 1. The van der Waals surface area contributed by atoms with Gasteiger partial charge in [-0.3, -0.25) is 4.79 Å². The van der Waals surface area contributed by atoms with Crippen LogP contribution < -0.4 is 4.90 Å². The molecule has 6 heteroatoms. The molecule has 0 spiro atoms. The lowest BCUT2D eigenvalue weighted by Gasteiger charge is -2.32. The summed E-state index contributed by atoms with van der Waals surface area (Å²) in [5, 5.41) is 0.418. The SMILES string of the molecule is O=C(c1cccc(F)c1)N(C(=O)N1CCCCC1)c1cccc(Cl)c1.